The van der Waals surface area contributed by atoms with Crippen LogP contribution in [-0.4, -0.2) is 16.1 Å². The summed E-state index contributed by atoms with van der Waals surface area (Å²) in [7, 11) is 0. The molecule has 1 saturated carbocycles. The van der Waals surface area contributed by atoms with Crippen LogP contribution in [0.15, 0.2) is 28.5 Å². The smallest absolute Gasteiger partial charge is 0.260 e. The van der Waals surface area contributed by atoms with E-state index in [-0.39, 0.29) is 5.56 Å². The van der Waals surface area contributed by atoms with E-state index in [4.69, 9.17) is 0 Å². The maximum absolute atomic E-state index is 12.7. The Bertz CT molecular complexity index is 656. The molecule has 0 aromatic carbocycles. The minimum absolute atomic E-state index is 0.0942. The predicted molar refractivity (Wildman–Crippen MR) is 88.1 cm³/mol. The Hall–Kier alpha value is -1.62. The van der Waals surface area contributed by atoms with Crippen LogP contribution < -0.4 is 10.9 Å². The second kappa shape index (κ2) is 6.43. The molecule has 1 fully saturated rings. The van der Waals surface area contributed by atoms with Crippen molar-refractivity contribution >= 4 is 16.5 Å². The van der Waals surface area contributed by atoms with Gasteiger partial charge < -0.3 is 9.88 Å². The first-order valence-corrected chi connectivity index (χ1v) is 8.58. The van der Waals surface area contributed by atoms with Gasteiger partial charge in [0.15, 0.2) is 5.13 Å². The third-order valence-electron chi connectivity index (χ3n) is 4.00. The number of hydrogen-bond donors (Lipinski definition) is 1. The van der Waals surface area contributed by atoms with E-state index >= 15 is 0 Å². The van der Waals surface area contributed by atoms with Gasteiger partial charge >= 0.3 is 0 Å². The van der Waals surface area contributed by atoms with E-state index < -0.39 is 0 Å². The number of aromatic nitrogens is 2. The van der Waals surface area contributed by atoms with Crippen molar-refractivity contribution in [1.29, 1.82) is 0 Å². The van der Waals surface area contributed by atoms with Gasteiger partial charge in [-0.15, -0.1) is 11.3 Å². The van der Waals surface area contributed by atoms with E-state index in [1.165, 1.54) is 12.8 Å². The molecule has 2 aromatic rings. The maximum Gasteiger partial charge on any atom is 0.260 e. The van der Waals surface area contributed by atoms with Crippen LogP contribution >= 0.6 is 11.3 Å². The van der Waals surface area contributed by atoms with Gasteiger partial charge in [0.2, 0.25) is 0 Å². The lowest BCUT2D eigenvalue weighted by Crippen LogP contribution is -2.24. The summed E-state index contributed by atoms with van der Waals surface area (Å²) in [5, 5.41) is 6.13. The predicted octanol–water partition coefficient (Wildman–Crippen LogP) is 3.91. The van der Waals surface area contributed by atoms with Crippen molar-refractivity contribution in [3.8, 4) is 11.3 Å². The molecule has 4 nitrogen and oxygen atoms in total. The fourth-order valence-electron chi connectivity index (χ4n) is 2.89. The van der Waals surface area contributed by atoms with E-state index in [2.05, 4.69) is 17.2 Å². The van der Waals surface area contributed by atoms with E-state index in [0.717, 1.165) is 36.6 Å². The highest BCUT2D eigenvalue weighted by Gasteiger charge is 2.19. The summed E-state index contributed by atoms with van der Waals surface area (Å²) in [4.78, 5) is 17.2. The second-order valence-corrected chi connectivity index (χ2v) is 6.40. The lowest BCUT2D eigenvalue weighted by molar-refractivity contribution is 0.503. The molecule has 1 aliphatic carbocycles. The third-order valence-corrected chi connectivity index (χ3v) is 4.80. The normalized spacial score (nSPS) is 15.5. The van der Waals surface area contributed by atoms with Crippen LogP contribution in [0.5, 0.6) is 0 Å². The molecule has 0 saturated heterocycles. The lowest BCUT2D eigenvalue weighted by atomic mass is 10.2. The van der Waals surface area contributed by atoms with Crippen molar-refractivity contribution in [2.75, 3.05) is 11.9 Å². The summed E-state index contributed by atoms with van der Waals surface area (Å²) in [6, 6.07) is 4.22. The highest BCUT2D eigenvalue weighted by atomic mass is 32.1. The number of nitrogens with zero attached hydrogens (tertiary/aromatic N) is 2. The van der Waals surface area contributed by atoms with E-state index in [1.807, 2.05) is 28.3 Å². The number of anilines is 1. The monoisotopic (exact) mass is 303 g/mol. The van der Waals surface area contributed by atoms with Crippen molar-refractivity contribution in [3.05, 3.63) is 34.1 Å². The molecule has 3 rings (SSSR count). The summed E-state index contributed by atoms with van der Waals surface area (Å²) in [5.74, 6) is 0. The van der Waals surface area contributed by atoms with Gasteiger partial charge in [-0.1, -0.05) is 19.8 Å². The number of pyridine rings is 1. The molecule has 2 heterocycles. The molecule has 0 aliphatic heterocycles. The topological polar surface area (TPSA) is 46.9 Å². The van der Waals surface area contributed by atoms with Crippen LogP contribution in [0.25, 0.3) is 11.3 Å². The Kier molecular flexibility index (Phi) is 4.39. The molecule has 0 unspecified atom stereocenters. The van der Waals surface area contributed by atoms with Crippen LogP contribution in [0.2, 0.25) is 0 Å². The molecule has 0 spiro atoms. The summed E-state index contributed by atoms with van der Waals surface area (Å²) >= 11 is 1.56. The largest absolute Gasteiger partial charge is 0.362 e. The van der Waals surface area contributed by atoms with Crippen LogP contribution in [-0.2, 0) is 0 Å². The molecule has 1 N–H and O–H groups in total. The lowest BCUT2D eigenvalue weighted by Gasteiger charge is -2.13. The van der Waals surface area contributed by atoms with Gasteiger partial charge in [0.25, 0.3) is 5.56 Å². The molecule has 21 heavy (non-hydrogen) atoms. The zero-order valence-corrected chi connectivity index (χ0v) is 13.2. The fraction of sp³-hybridized carbons (Fsp3) is 0.500. The second-order valence-electron chi connectivity index (χ2n) is 5.54. The Labute approximate surface area is 128 Å². The fourth-order valence-corrected chi connectivity index (χ4v) is 3.62. The number of hydrogen-bond acceptors (Lipinski definition) is 4. The summed E-state index contributed by atoms with van der Waals surface area (Å²) in [5.41, 5.74) is 1.60. The average Bonchev–Trinajstić information content (AvgIpc) is 3.17. The summed E-state index contributed by atoms with van der Waals surface area (Å²) in [6.45, 7) is 3.03. The molecule has 0 bridgehead atoms. The molecule has 112 valence electrons. The Morgan fingerprint density at radius 1 is 1.43 bits per heavy atom. The highest BCUT2D eigenvalue weighted by molar-refractivity contribution is 7.14. The van der Waals surface area contributed by atoms with Gasteiger partial charge in [-0.2, -0.15) is 0 Å². The Morgan fingerprint density at radius 2 is 2.24 bits per heavy atom. The maximum atomic E-state index is 12.7. The van der Waals surface area contributed by atoms with E-state index in [1.54, 1.807) is 11.3 Å². The SMILES string of the molecule is CCCNc1nc(-c2cccn(C3CCCC3)c2=O)cs1. The van der Waals surface area contributed by atoms with Gasteiger partial charge in [-0.25, -0.2) is 4.98 Å². The van der Waals surface area contributed by atoms with Gasteiger partial charge in [0, 0.05) is 24.2 Å². The van der Waals surface area contributed by atoms with Gasteiger partial charge in [0.05, 0.1) is 11.3 Å². The molecule has 1 aliphatic rings. The third kappa shape index (κ3) is 3.02. The molecule has 2 aromatic heterocycles. The van der Waals surface area contributed by atoms with Crippen molar-refractivity contribution in [2.24, 2.45) is 0 Å². The molecule has 5 heteroatoms. The summed E-state index contributed by atoms with van der Waals surface area (Å²) in [6.07, 6.45) is 7.67. The quantitative estimate of drug-likeness (QED) is 0.911. The number of rotatable bonds is 5. The first kappa shape index (κ1) is 14.3. The zero-order chi connectivity index (χ0) is 14.7. The first-order valence-electron chi connectivity index (χ1n) is 7.70. The van der Waals surface area contributed by atoms with E-state index in [0.29, 0.717) is 11.6 Å². The molecule has 0 atom stereocenters. The van der Waals surface area contributed by atoms with Crippen molar-refractivity contribution in [3.63, 3.8) is 0 Å². The minimum atomic E-state index is 0.0942. The molecule has 0 radical (unpaired) electrons. The first-order chi connectivity index (χ1) is 10.3. The van der Waals surface area contributed by atoms with Gasteiger partial charge in [-0.3, -0.25) is 4.79 Å². The average molecular weight is 303 g/mol. The Balaban J connectivity index is 1.89. The summed E-state index contributed by atoms with van der Waals surface area (Å²) < 4.78 is 1.90. The minimum Gasteiger partial charge on any atom is -0.362 e. The van der Waals surface area contributed by atoms with Crippen molar-refractivity contribution in [1.82, 2.24) is 9.55 Å². The standard InChI is InChI=1S/C16H21N3OS/c1-2-9-17-16-18-14(11-21-16)13-8-5-10-19(15(13)20)12-6-3-4-7-12/h5,8,10-12H,2-4,6-7,9H2,1H3,(H,17,18). The molecular weight excluding hydrogens is 282 g/mol. The van der Waals surface area contributed by atoms with Crippen LogP contribution in [0, 0.1) is 0 Å². The molecular formula is C16H21N3OS. The van der Waals surface area contributed by atoms with Crippen molar-refractivity contribution < 1.29 is 0 Å². The number of thiazole rings is 1. The zero-order valence-electron chi connectivity index (χ0n) is 12.3. The van der Waals surface area contributed by atoms with Gasteiger partial charge in [0.1, 0.15) is 0 Å². The van der Waals surface area contributed by atoms with Gasteiger partial charge in [-0.05, 0) is 31.4 Å². The highest BCUT2D eigenvalue weighted by Crippen LogP contribution is 2.29. The molecule has 0 amide bonds. The van der Waals surface area contributed by atoms with Crippen LogP contribution in [0.1, 0.15) is 45.1 Å². The van der Waals surface area contributed by atoms with Crippen LogP contribution in [0.3, 0.4) is 0 Å². The number of nitrogens with one attached hydrogen (secondary N) is 1. The van der Waals surface area contributed by atoms with Crippen molar-refractivity contribution in [2.45, 2.75) is 45.1 Å². The van der Waals surface area contributed by atoms with Crippen LogP contribution in [0.4, 0.5) is 5.13 Å². The Morgan fingerprint density at radius 3 is 3.00 bits per heavy atom. The van der Waals surface area contributed by atoms with E-state index in [9.17, 15) is 4.79 Å².